The van der Waals surface area contributed by atoms with Crippen molar-refractivity contribution in [2.75, 3.05) is 13.1 Å². The number of amides is 1. The number of benzene rings is 1. The van der Waals surface area contributed by atoms with Crippen molar-refractivity contribution in [2.24, 2.45) is 5.92 Å². The second-order valence-electron chi connectivity index (χ2n) is 7.85. The average Bonchev–Trinajstić information content (AvgIpc) is 3.07. The number of rotatable bonds is 3. The monoisotopic (exact) mass is 325 g/mol. The standard InChI is InChI=1S/C20H27N3O/c1-20(2,3)18-8-6-17(7-9-18)19(24)23-11-4-5-16(14-23)13-22-12-10-21-15-22/h6-10,12,15-16H,4-5,11,13-14H2,1-3H3. The second kappa shape index (κ2) is 6.80. The summed E-state index contributed by atoms with van der Waals surface area (Å²) in [6.45, 7) is 9.20. The van der Waals surface area contributed by atoms with Crippen molar-refractivity contribution in [2.45, 2.75) is 45.6 Å². The van der Waals surface area contributed by atoms with Gasteiger partial charge in [0.25, 0.3) is 5.91 Å². The number of likely N-dealkylation sites (tertiary alicyclic amines) is 1. The third-order valence-corrected chi connectivity index (χ3v) is 4.83. The molecule has 2 heterocycles. The van der Waals surface area contributed by atoms with Gasteiger partial charge in [-0.25, -0.2) is 4.98 Å². The molecule has 24 heavy (non-hydrogen) atoms. The molecule has 3 rings (SSSR count). The number of imidazole rings is 1. The lowest BCUT2D eigenvalue weighted by Gasteiger charge is -2.33. The summed E-state index contributed by atoms with van der Waals surface area (Å²) in [6, 6.07) is 8.12. The van der Waals surface area contributed by atoms with Gasteiger partial charge in [0.2, 0.25) is 0 Å². The highest BCUT2D eigenvalue weighted by Crippen LogP contribution is 2.24. The number of hydrogen-bond acceptors (Lipinski definition) is 2. The Morgan fingerprint density at radius 3 is 2.62 bits per heavy atom. The van der Waals surface area contributed by atoms with Crippen LogP contribution in [0, 0.1) is 5.92 Å². The van der Waals surface area contributed by atoms with E-state index in [0.717, 1.165) is 31.6 Å². The van der Waals surface area contributed by atoms with Gasteiger partial charge in [-0.05, 0) is 41.9 Å². The number of nitrogens with zero attached hydrogens (tertiary/aromatic N) is 3. The van der Waals surface area contributed by atoms with Crippen LogP contribution in [0.15, 0.2) is 43.0 Å². The summed E-state index contributed by atoms with van der Waals surface area (Å²) in [4.78, 5) is 18.9. The van der Waals surface area contributed by atoms with Crippen molar-refractivity contribution in [1.82, 2.24) is 14.5 Å². The van der Waals surface area contributed by atoms with E-state index in [4.69, 9.17) is 0 Å². The first-order chi connectivity index (χ1) is 11.4. The molecule has 0 aliphatic carbocycles. The van der Waals surface area contributed by atoms with Crippen LogP contribution in [-0.2, 0) is 12.0 Å². The fraction of sp³-hybridized carbons (Fsp3) is 0.500. The zero-order valence-electron chi connectivity index (χ0n) is 14.9. The normalized spacial score (nSPS) is 18.6. The van der Waals surface area contributed by atoms with Gasteiger partial charge in [-0.2, -0.15) is 0 Å². The number of piperidine rings is 1. The molecular weight excluding hydrogens is 298 g/mol. The third-order valence-electron chi connectivity index (χ3n) is 4.83. The van der Waals surface area contributed by atoms with Crippen molar-refractivity contribution in [3.05, 3.63) is 54.1 Å². The molecule has 1 unspecified atom stereocenters. The van der Waals surface area contributed by atoms with Crippen LogP contribution >= 0.6 is 0 Å². The van der Waals surface area contributed by atoms with Crippen molar-refractivity contribution < 1.29 is 4.79 Å². The number of hydrogen-bond donors (Lipinski definition) is 0. The first kappa shape index (κ1) is 16.7. The van der Waals surface area contributed by atoms with Gasteiger partial charge in [0.1, 0.15) is 0 Å². The first-order valence-electron chi connectivity index (χ1n) is 8.79. The Hall–Kier alpha value is -2.10. The molecule has 1 amide bonds. The van der Waals surface area contributed by atoms with E-state index in [1.165, 1.54) is 12.0 Å². The minimum atomic E-state index is 0.114. The highest BCUT2D eigenvalue weighted by Gasteiger charge is 2.25. The molecule has 2 aromatic rings. The van der Waals surface area contributed by atoms with Gasteiger partial charge >= 0.3 is 0 Å². The number of aromatic nitrogens is 2. The summed E-state index contributed by atoms with van der Waals surface area (Å²) in [7, 11) is 0. The molecule has 0 N–H and O–H groups in total. The van der Waals surface area contributed by atoms with Crippen LogP contribution in [-0.4, -0.2) is 33.4 Å². The molecule has 0 bridgehead atoms. The molecular formula is C20H27N3O. The summed E-state index contributed by atoms with van der Waals surface area (Å²) in [6.07, 6.45) is 7.90. The SMILES string of the molecule is CC(C)(C)c1ccc(C(=O)N2CCCC(Cn3ccnc3)C2)cc1. The molecule has 4 heteroatoms. The lowest BCUT2D eigenvalue weighted by atomic mass is 9.86. The van der Waals surface area contributed by atoms with E-state index in [1.807, 2.05) is 35.8 Å². The van der Waals surface area contributed by atoms with E-state index >= 15 is 0 Å². The lowest BCUT2D eigenvalue weighted by molar-refractivity contribution is 0.0662. The van der Waals surface area contributed by atoms with Gasteiger partial charge in [0.05, 0.1) is 6.33 Å². The molecule has 0 radical (unpaired) electrons. The topological polar surface area (TPSA) is 38.1 Å². The summed E-state index contributed by atoms with van der Waals surface area (Å²) < 4.78 is 2.11. The van der Waals surface area contributed by atoms with Crippen LogP contribution in [0.5, 0.6) is 0 Å². The lowest BCUT2D eigenvalue weighted by Crippen LogP contribution is -2.41. The highest BCUT2D eigenvalue weighted by atomic mass is 16.2. The van der Waals surface area contributed by atoms with E-state index in [1.54, 1.807) is 0 Å². The Labute approximate surface area is 144 Å². The smallest absolute Gasteiger partial charge is 0.253 e. The Bertz CT molecular complexity index is 668. The maximum Gasteiger partial charge on any atom is 0.253 e. The molecule has 1 aromatic heterocycles. The van der Waals surface area contributed by atoms with Crippen molar-refractivity contribution in [1.29, 1.82) is 0 Å². The Kier molecular flexibility index (Phi) is 4.74. The fourth-order valence-corrected chi connectivity index (χ4v) is 3.39. The van der Waals surface area contributed by atoms with E-state index in [2.05, 4.69) is 42.5 Å². The summed E-state index contributed by atoms with van der Waals surface area (Å²) in [5.74, 6) is 0.663. The fourth-order valence-electron chi connectivity index (χ4n) is 3.39. The molecule has 1 aliphatic rings. The third kappa shape index (κ3) is 3.86. The molecule has 0 spiro atoms. The minimum absolute atomic E-state index is 0.114. The van der Waals surface area contributed by atoms with Crippen molar-refractivity contribution in [3.63, 3.8) is 0 Å². The van der Waals surface area contributed by atoms with Crippen molar-refractivity contribution in [3.8, 4) is 0 Å². The van der Waals surface area contributed by atoms with Crippen LogP contribution < -0.4 is 0 Å². The maximum absolute atomic E-state index is 12.8. The summed E-state index contributed by atoms with van der Waals surface area (Å²) >= 11 is 0. The minimum Gasteiger partial charge on any atom is -0.338 e. The van der Waals surface area contributed by atoms with Crippen LogP contribution in [0.2, 0.25) is 0 Å². The Morgan fingerprint density at radius 1 is 1.25 bits per heavy atom. The molecule has 1 fully saturated rings. The van der Waals surface area contributed by atoms with Gasteiger partial charge in [0, 0.05) is 37.6 Å². The zero-order valence-corrected chi connectivity index (χ0v) is 14.9. The largest absolute Gasteiger partial charge is 0.338 e. The van der Waals surface area contributed by atoms with E-state index in [0.29, 0.717) is 5.92 Å². The Morgan fingerprint density at radius 2 is 2.00 bits per heavy atom. The molecule has 1 aliphatic heterocycles. The van der Waals surface area contributed by atoms with Crippen LogP contribution in [0.1, 0.15) is 49.5 Å². The van der Waals surface area contributed by atoms with Crippen LogP contribution in [0.3, 0.4) is 0 Å². The van der Waals surface area contributed by atoms with E-state index in [9.17, 15) is 4.79 Å². The predicted octanol–water partition coefficient (Wildman–Crippen LogP) is 3.73. The average molecular weight is 325 g/mol. The van der Waals surface area contributed by atoms with Gasteiger partial charge in [-0.15, -0.1) is 0 Å². The molecule has 1 aromatic carbocycles. The first-order valence-corrected chi connectivity index (χ1v) is 8.79. The van der Waals surface area contributed by atoms with Crippen molar-refractivity contribution >= 4 is 5.91 Å². The Balaban J connectivity index is 1.65. The van der Waals surface area contributed by atoms with Crippen LogP contribution in [0.4, 0.5) is 0 Å². The predicted molar refractivity (Wildman–Crippen MR) is 96.0 cm³/mol. The summed E-state index contributed by atoms with van der Waals surface area (Å²) in [5.41, 5.74) is 2.17. The second-order valence-corrected chi connectivity index (χ2v) is 7.85. The summed E-state index contributed by atoms with van der Waals surface area (Å²) in [5, 5.41) is 0. The van der Waals surface area contributed by atoms with Crippen LogP contribution in [0.25, 0.3) is 0 Å². The molecule has 1 atom stereocenters. The maximum atomic E-state index is 12.8. The number of carbonyl (C=O) groups is 1. The number of carbonyl (C=O) groups excluding carboxylic acids is 1. The van der Waals surface area contributed by atoms with Gasteiger partial charge in [-0.1, -0.05) is 32.9 Å². The quantitative estimate of drug-likeness (QED) is 0.862. The van der Waals surface area contributed by atoms with Gasteiger partial charge in [-0.3, -0.25) is 4.79 Å². The molecule has 4 nitrogen and oxygen atoms in total. The molecule has 0 saturated carbocycles. The van der Waals surface area contributed by atoms with Gasteiger partial charge < -0.3 is 9.47 Å². The van der Waals surface area contributed by atoms with E-state index < -0.39 is 0 Å². The highest BCUT2D eigenvalue weighted by molar-refractivity contribution is 5.94. The van der Waals surface area contributed by atoms with Gasteiger partial charge in [0.15, 0.2) is 0 Å². The molecule has 128 valence electrons. The zero-order chi connectivity index (χ0) is 17.2. The van der Waals surface area contributed by atoms with E-state index in [-0.39, 0.29) is 11.3 Å². The molecule has 1 saturated heterocycles.